The zero-order valence-electron chi connectivity index (χ0n) is 22.5. The third-order valence-electron chi connectivity index (χ3n) is 6.94. The van der Waals surface area contributed by atoms with Gasteiger partial charge in [0.05, 0.1) is 36.8 Å². The van der Waals surface area contributed by atoms with E-state index in [1.807, 2.05) is 29.2 Å². The zero-order valence-corrected chi connectivity index (χ0v) is 24.1. The standard InChI is InChI=1S/C29H31N5O3S2/c1-18-9-11-21(12-10-18)33-19(2)16-23(20(33)3)28-27(24-8-6-7-15-30-24)31-29(38)34(28)22-13-14-26(37-4)25(17-22)32-39(5,35)36/h6-17,27-28,32H,1-5H3,(H,31,38). The lowest BCUT2D eigenvalue weighted by molar-refractivity contribution is 0.417. The minimum Gasteiger partial charge on any atom is -0.495 e. The van der Waals surface area contributed by atoms with Crippen LogP contribution in [0.15, 0.2) is 72.9 Å². The lowest BCUT2D eigenvalue weighted by atomic mass is 9.96. The normalized spacial score (nSPS) is 17.3. The van der Waals surface area contributed by atoms with Gasteiger partial charge in [-0.2, -0.15) is 0 Å². The van der Waals surface area contributed by atoms with Crippen LogP contribution in [0.25, 0.3) is 5.69 Å². The number of anilines is 2. The summed E-state index contributed by atoms with van der Waals surface area (Å²) >= 11 is 5.89. The van der Waals surface area contributed by atoms with Crippen LogP contribution in [0, 0.1) is 20.8 Å². The second-order valence-electron chi connectivity index (χ2n) is 9.75. The largest absolute Gasteiger partial charge is 0.495 e. The molecule has 1 aliphatic heterocycles. The number of nitrogens with zero attached hydrogens (tertiary/aromatic N) is 3. The van der Waals surface area contributed by atoms with Gasteiger partial charge in [-0.25, -0.2) is 8.42 Å². The monoisotopic (exact) mass is 561 g/mol. The summed E-state index contributed by atoms with van der Waals surface area (Å²) < 4.78 is 34.4. The molecule has 202 valence electrons. The number of nitrogens with one attached hydrogen (secondary N) is 2. The number of sulfonamides is 1. The number of pyridine rings is 1. The van der Waals surface area contributed by atoms with Crippen molar-refractivity contribution in [3.8, 4) is 11.4 Å². The Morgan fingerprint density at radius 2 is 1.72 bits per heavy atom. The molecule has 0 spiro atoms. The molecule has 0 aliphatic carbocycles. The number of thiocarbonyl (C=S) groups is 1. The molecule has 2 atom stereocenters. The van der Waals surface area contributed by atoms with E-state index in [-0.39, 0.29) is 12.1 Å². The van der Waals surface area contributed by atoms with Gasteiger partial charge in [0.25, 0.3) is 0 Å². The molecule has 1 aliphatic rings. The molecule has 2 unspecified atom stereocenters. The van der Waals surface area contributed by atoms with E-state index in [4.69, 9.17) is 17.0 Å². The molecule has 1 fully saturated rings. The topological polar surface area (TPSA) is 88.5 Å². The lowest BCUT2D eigenvalue weighted by Crippen LogP contribution is -2.29. The van der Waals surface area contributed by atoms with Crippen molar-refractivity contribution in [3.63, 3.8) is 0 Å². The quantitative estimate of drug-likeness (QED) is 0.294. The Labute approximate surface area is 234 Å². The predicted octanol–water partition coefficient (Wildman–Crippen LogP) is 5.35. The number of ether oxygens (including phenoxy) is 1. The molecule has 2 N–H and O–H groups in total. The first-order valence-corrected chi connectivity index (χ1v) is 14.8. The van der Waals surface area contributed by atoms with Gasteiger partial charge >= 0.3 is 0 Å². The number of rotatable bonds is 7. The number of aromatic nitrogens is 2. The van der Waals surface area contributed by atoms with Crippen molar-refractivity contribution in [3.05, 3.63) is 101 Å². The maximum absolute atomic E-state index is 12.1. The molecule has 2 aromatic carbocycles. The summed E-state index contributed by atoms with van der Waals surface area (Å²) in [7, 11) is -2.03. The van der Waals surface area contributed by atoms with E-state index in [1.54, 1.807) is 18.3 Å². The summed E-state index contributed by atoms with van der Waals surface area (Å²) in [5, 5.41) is 4.00. The van der Waals surface area contributed by atoms with Gasteiger partial charge in [-0.15, -0.1) is 0 Å². The van der Waals surface area contributed by atoms with Crippen LogP contribution in [-0.2, 0) is 10.0 Å². The summed E-state index contributed by atoms with van der Waals surface area (Å²) in [4.78, 5) is 6.68. The number of hydrogen-bond acceptors (Lipinski definition) is 5. The summed E-state index contributed by atoms with van der Waals surface area (Å²) in [6, 6.07) is 21.4. The van der Waals surface area contributed by atoms with E-state index in [1.165, 1.54) is 12.7 Å². The average Bonchev–Trinajstić information content (AvgIpc) is 3.39. The number of benzene rings is 2. The lowest BCUT2D eigenvalue weighted by Gasteiger charge is -2.29. The van der Waals surface area contributed by atoms with E-state index in [0.717, 1.165) is 40.3 Å². The van der Waals surface area contributed by atoms with Crippen LogP contribution in [0.5, 0.6) is 5.75 Å². The SMILES string of the molecule is COc1ccc(N2C(=S)NC(c3ccccn3)C2c2cc(C)n(-c3ccc(C)cc3)c2C)cc1NS(C)(=O)=O. The molecule has 10 heteroatoms. The summed E-state index contributed by atoms with van der Waals surface area (Å²) in [5.41, 5.74) is 7.47. The maximum Gasteiger partial charge on any atom is 0.229 e. The minimum atomic E-state index is -3.54. The third kappa shape index (κ3) is 5.22. The van der Waals surface area contributed by atoms with Gasteiger partial charge in [-0.05, 0) is 87.1 Å². The fraction of sp³-hybridized carbons (Fsp3) is 0.241. The van der Waals surface area contributed by atoms with Gasteiger partial charge in [0.1, 0.15) is 5.75 Å². The molecular weight excluding hydrogens is 530 g/mol. The highest BCUT2D eigenvalue weighted by molar-refractivity contribution is 7.92. The van der Waals surface area contributed by atoms with Crippen molar-refractivity contribution < 1.29 is 13.2 Å². The smallest absolute Gasteiger partial charge is 0.229 e. The highest BCUT2D eigenvalue weighted by Crippen LogP contribution is 2.45. The van der Waals surface area contributed by atoms with Crippen molar-refractivity contribution in [1.29, 1.82) is 0 Å². The summed E-state index contributed by atoms with van der Waals surface area (Å²) in [6.45, 7) is 6.29. The molecule has 8 nitrogen and oxygen atoms in total. The zero-order chi connectivity index (χ0) is 27.9. The van der Waals surface area contributed by atoms with Crippen molar-refractivity contribution in [1.82, 2.24) is 14.9 Å². The molecule has 0 saturated carbocycles. The first-order valence-electron chi connectivity index (χ1n) is 12.5. The predicted molar refractivity (Wildman–Crippen MR) is 159 cm³/mol. The van der Waals surface area contributed by atoms with E-state index >= 15 is 0 Å². The Hall–Kier alpha value is -3.89. The van der Waals surface area contributed by atoms with Gasteiger partial charge in [0.15, 0.2) is 5.11 Å². The van der Waals surface area contributed by atoms with Crippen LogP contribution in [0.3, 0.4) is 0 Å². The third-order valence-corrected chi connectivity index (χ3v) is 7.84. The fourth-order valence-electron chi connectivity index (χ4n) is 5.25. The Morgan fingerprint density at radius 1 is 1.00 bits per heavy atom. The number of methoxy groups -OCH3 is 1. The van der Waals surface area contributed by atoms with Crippen LogP contribution in [-0.4, -0.2) is 36.4 Å². The van der Waals surface area contributed by atoms with E-state index in [0.29, 0.717) is 16.5 Å². The number of aryl methyl sites for hydroxylation is 2. The molecule has 0 amide bonds. The maximum atomic E-state index is 12.1. The molecule has 39 heavy (non-hydrogen) atoms. The van der Waals surface area contributed by atoms with Gasteiger partial charge < -0.3 is 19.5 Å². The van der Waals surface area contributed by atoms with Crippen molar-refractivity contribution in [2.75, 3.05) is 23.0 Å². The Balaban J connectivity index is 1.68. The van der Waals surface area contributed by atoms with Crippen LogP contribution < -0.4 is 19.7 Å². The highest BCUT2D eigenvalue weighted by Gasteiger charge is 2.42. The van der Waals surface area contributed by atoms with Gasteiger partial charge in [-0.1, -0.05) is 23.8 Å². The van der Waals surface area contributed by atoms with Crippen molar-refractivity contribution in [2.24, 2.45) is 0 Å². The Bertz CT molecular complexity index is 1630. The van der Waals surface area contributed by atoms with Crippen LogP contribution in [0.2, 0.25) is 0 Å². The Morgan fingerprint density at radius 3 is 2.36 bits per heavy atom. The highest BCUT2D eigenvalue weighted by atomic mass is 32.2. The second-order valence-corrected chi connectivity index (χ2v) is 11.9. The number of hydrogen-bond donors (Lipinski definition) is 2. The summed E-state index contributed by atoms with van der Waals surface area (Å²) in [6.07, 6.45) is 2.89. The molecular formula is C29H31N5O3S2. The van der Waals surface area contributed by atoms with Gasteiger partial charge in [0.2, 0.25) is 10.0 Å². The molecule has 2 aromatic heterocycles. The van der Waals surface area contributed by atoms with Crippen LogP contribution in [0.1, 0.15) is 40.3 Å². The molecule has 0 radical (unpaired) electrons. The molecule has 5 rings (SSSR count). The molecule has 4 aromatic rings. The Kier molecular flexibility index (Phi) is 7.09. The second kappa shape index (κ2) is 10.3. The van der Waals surface area contributed by atoms with E-state index in [9.17, 15) is 8.42 Å². The van der Waals surface area contributed by atoms with Crippen molar-refractivity contribution >= 4 is 38.7 Å². The van der Waals surface area contributed by atoms with Crippen LogP contribution in [0.4, 0.5) is 11.4 Å². The van der Waals surface area contributed by atoms with Gasteiger partial charge in [0, 0.05) is 29.0 Å². The fourth-order valence-corrected chi connectivity index (χ4v) is 6.16. The van der Waals surface area contributed by atoms with E-state index in [2.05, 4.69) is 70.7 Å². The van der Waals surface area contributed by atoms with Crippen molar-refractivity contribution in [2.45, 2.75) is 32.9 Å². The minimum absolute atomic E-state index is 0.237. The summed E-state index contributed by atoms with van der Waals surface area (Å²) in [5.74, 6) is 0.414. The van der Waals surface area contributed by atoms with Gasteiger partial charge in [-0.3, -0.25) is 9.71 Å². The first-order chi connectivity index (χ1) is 18.6. The van der Waals surface area contributed by atoms with Crippen LogP contribution >= 0.6 is 12.2 Å². The average molecular weight is 562 g/mol. The molecule has 1 saturated heterocycles. The first kappa shape index (κ1) is 26.7. The molecule has 0 bridgehead atoms. The molecule has 3 heterocycles. The van der Waals surface area contributed by atoms with E-state index < -0.39 is 10.0 Å².